The molecule has 0 radical (unpaired) electrons. The van der Waals surface area contributed by atoms with E-state index in [0.717, 1.165) is 107 Å². The van der Waals surface area contributed by atoms with Gasteiger partial charge in [0, 0.05) is 51.5 Å². The smallest absolute Gasteiger partial charge is 0.305 e. The molecule has 0 aliphatic heterocycles. The van der Waals surface area contributed by atoms with Gasteiger partial charge in [-0.3, -0.25) is 10.1 Å². The predicted octanol–water partition coefficient (Wildman–Crippen LogP) is 17.3. The molecular weight excluding hydrogens is 1070 g/mol. The van der Waals surface area contributed by atoms with Crippen molar-refractivity contribution in [2.75, 3.05) is 138 Å². The normalized spacial score (nSPS) is 11.9. The zero-order valence-corrected chi connectivity index (χ0v) is 54.6. The van der Waals surface area contributed by atoms with Crippen LogP contribution in [0.4, 0.5) is 5.69 Å². The van der Waals surface area contributed by atoms with E-state index in [1.54, 1.807) is 0 Å². The molecule has 15 heteroatoms. The first-order chi connectivity index (χ1) is 41.6. The molecule has 0 saturated carbocycles. The third kappa shape index (κ3) is 58.7. The summed E-state index contributed by atoms with van der Waals surface area (Å²) in [7, 11) is 1.92. The third-order valence-corrected chi connectivity index (χ3v) is 15.2. The van der Waals surface area contributed by atoms with Crippen LogP contribution >= 0.6 is 0 Å². The Morgan fingerprint density at radius 3 is 1.07 bits per heavy atom. The second-order valence-electron chi connectivity index (χ2n) is 22.8. The first kappa shape index (κ1) is 79.7. The van der Waals surface area contributed by atoms with Crippen molar-refractivity contribution in [3.05, 3.63) is 18.2 Å². The van der Waals surface area contributed by atoms with Crippen molar-refractivity contribution in [2.45, 2.75) is 270 Å². The molecule has 1 unspecified atom stereocenters. The lowest BCUT2D eigenvalue weighted by molar-refractivity contribution is -0.282. The van der Waals surface area contributed by atoms with Gasteiger partial charge in [-0.15, -0.1) is 0 Å². The van der Waals surface area contributed by atoms with Crippen molar-refractivity contribution in [2.24, 2.45) is 0 Å². The van der Waals surface area contributed by atoms with E-state index in [4.69, 9.17) is 57.0 Å². The monoisotopic (exact) mass is 1200 g/mol. The van der Waals surface area contributed by atoms with E-state index < -0.39 is 0 Å². The van der Waals surface area contributed by atoms with Crippen LogP contribution in [-0.2, 0) is 52.3 Å². The van der Waals surface area contributed by atoms with Crippen LogP contribution in [0.5, 0.6) is 11.5 Å². The largest absolute Gasteiger partial charge is 0.490 e. The van der Waals surface area contributed by atoms with Crippen LogP contribution < -0.4 is 14.8 Å². The van der Waals surface area contributed by atoms with E-state index in [9.17, 15) is 10.1 Å². The molecule has 2 N–H and O–H groups in total. The van der Waals surface area contributed by atoms with Crippen LogP contribution in [0.3, 0.4) is 0 Å². The van der Waals surface area contributed by atoms with Gasteiger partial charge < -0.3 is 57.4 Å². The Kier molecular flexibility index (Phi) is 64.7. The van der Waals surface area contributed by atoms with Crippen LogP contribution in [-0.4, -0.2) is 150 Å². The summed E-state index contributed by atoms with van der Waals surface area (Å²) in [5.41, 5.74) is 1.01. The standard InChI is InChI=1S/C69H131NO14/c1-4-6-8-10-12-14-18-24-30-36-45-73-50-53-76-56-58-78-55-52-75-49-44-66(84-72)40-34-28-22-16-20-27-33-39-48-82-68-64-65(70-3)42-43-67(68)81-47-38-32-26-21-17-23-29-35-41-69(71)83-63-62-80-61-60-79-59-57-77-54-51-74-46-37-31-25-19-15-13-11-9-7-5-2/h42-43,64,66,70,72H,4-41,44-63H2,1-3H3. The van der Waals surface area contributed by atoms with Crippen LogP contribution in [0.1, 0.15) is 264 Å². The zero-order valence-electron chi connectivity index (χ0n) is 54.6. The van der Waals surface area contributed by atoms with Crippen molar-refractivity contribution in [1.82, 2.24) is 0 Å². The molecule has 1 rings (SSSR count). The van der Waals surface area contributed by atoms with Gasteiger partial charge >= 0.3 is 5.97 Å². The predicted molar refractivity (Wildman–Crippen MR) is 343 cm³/mol. The summed E-state index contributed by atoms with van der Waals surface area (Å²) >= 11 is 0. The molecule has 0 aliphatic carbocycles. The summed E-state index contributed by atoms with van der Waals surface area (Å²) in [5.74, 6) is 1.46. The molecular formula is C69H131NO14. The highest BCUT2D eigenvalue weighted by Gasteiger charge is 2.11. The number of carbonyl (C=O) groups excluding carboxylic acids is 1. The Hall–Kier alpha value is -2.31. The summed E-state index contributed by atoms with van der Waals surface area (Å²) in [6, 6.07) is 6.07. The first-order valence-electron chi connectivity index (χ1n) is 34.8. The average molecular weight is 1200 g/mol. The second-order valence-corrected chi connectivity index (χ2v) is 22.8. The third-order valence-electron chi connectivity index (χ3n) is 15.2. The van der Waals surface area contributed by atoms with E-state index in [0.29, 0.717) is 119 Å². The molecule has 1 aromatic carbocycles. The number of carbonyl (C=O) groups is 1. The molecule has 84 heavy (non-hydrogen) atoms. The maximum Gasteiger partial charge on any atom is 0.305 e. The lowest BCUT2D eigenvalue weighted by Gasteiger charge is -2.14. The van der Waals surface area contributed by atoms with Gasteiger partial charge in [0.15, 0.2) is 11.5 Å². The molecule has 0 amide bonds. The molecule has 1 atom stereocenters. The number of unbranched alkanes of at least 4 members (excludes halogenated alkanes) is 32. The quantitative estimate of drug-likeness (QED) is 0.0274. The van der Waals surface area contributed by atoms with E-state index in [1.165, 1.54) is 161 Å². The van der Waals surface area contributed by atoms with Gasteiger partial charge in [0.05, 0.1) is 105 Å². The van der Waals surface area contributed by atoms with Crippen molar-refractivity contribution in [3.8, 4) is 11.5 Å². The van der Waals surface area contributed by atoms with Crippen LogP contribution in [0, 0.1) is 0 Å². The minimum absolute atomic E-state index is 0.149. The topological polar surface area (TPSA) is 160 Å². The molecule has 0 bridgehead atoms. The van der Waals surface area contributed by atoms with Gasteiger partial charge in [0.2, 0.25) is 0 Å². The van der Waals surface area contributed by atoms with E-state index in [1.807, 2.05) is 25.2 Å². The Balaban J connectivity index is 1.88. The molecule has 496 valence electrons. The number of hydrogen-bond acceptors (Lipinski definition) is 15. The summed E-state index contributed by atoms with van der Waals surface area (Å²) in [5, 5.41) is 12.6. The van der Waals surface area contributed by atoms with Crippen molar-refractivity contribution in [3.63, 3.8) is 0 Å². The number of nitrogens with one attached hydrogen (secondary N) is 1. The minimum atomic E-state index is -0.190. The molecule has 1 aromatic rings. The Labute approximate surface area is 514 Å². The van der Waals surface area contributed by atoms with E-state index in [2.05, 4.69) is 19.2 Å². The number of benzene rings is 1. The average Bonchev–Trinajstić information content (AvgIpc) is 3.70. The molecule has 15 nitrogen and oxygen atoms in total. The van der Waals surface area contributed by atoms with Crippen LogP contribution in [0.2, 0.25) is 0 Å². The number of hydrogen-bond donors (Lipinski definition) is 2. The zero-order chi connectivity index (χ0) is 60.2. The van der Waals surface area contributed by atoms with Gasteiger partial charge in [0.25, 0.3) is 0 Å². The molecule has 0 aliphatic rings. The molecule has 0 aromatic heterocycles. The Bertz CT molecular complexity index is 1450. The fourth-order valence-electron chi connectivity index (χ4n) is 9.88. The second kappa shape index (κ2) is 68.2. The molecule has 0 heterocycles. The van der Waals surface area contributed by atoms with Crippen molar-refractivity contribution >= 4 is 11.7 Å². The molecule has 0 fully saturated rings. The van der Waals surface area contributed by atoms with Crippen molar-refractivity contribution < 1.29 is 67.0 Å². The minimum Gasteiger partial charge on any atom is -0.490 e. The van der Waals surface area contributed by atoms with Gasteiger partial charge in [-0.1, -0.05) is 213 Å². The van der Waals surface area contributed by atoms with E-state index in [-0.39, 0.29) is 18.7 Å². The van der Waals surface area contributed by atoms with Gasteiger partial charge in [-0.2, -0.15) is 0 Å². The maximum atomic E-state index is 12.1. The van der Waals surface area contributed by atoms with Crippen LogP contribution in [0.15, 0.2) is 18.2 Å². The van der Waals surface area contributed by atoms with Crippen molar-refractivity contribution in [1.29, 1.82) is 0 Å². The molecule has 0 saturated heterocycles. The summed E-state index contributed by atoms with van der Waals surface area (Å²) in [4.78, 5) is 16.9. The fraction of sp³-hybridized carbons (Fsp3) is 0.899. The Morgan fingerprint density at radius 2 is 0.679 bits per heavy atom. The summed E-state index contributed by atoms with van der Waals surface area (Å²) < 4.78 is 62.8. The van der Waals surface area contributed by atoms with Gasteiger partial charge in [0.1, 0.15) is 6.61 Å². The highest BCUT2D eigenvalue weighted by Crippen LogP contribution is 2.31. The van der Waals surface area contributed by atoms with Gasteiger partial charge in [-0.25, -0.2) is 4.89 Å². The van der Waals surface area contributed by atoms with Gasteiger partial charge in [-0.05, 0) is 50.7 Å². The Morgan fingerprint density at radius 1 is 0.357 bits per heavy atom. The lowest BCUT2D eigenvalue weighted by Crippen LogP contribution is -2.16. The summed E-state index contributed by atoms with van der Waals surface area (Å²) in [6.45, 7) is 15.4. The number of esters is 1. The number of rotatable bonds is 72. The summed E-state index contributed by atoms with van der Waals surface area (Å²) in [6.07, 6.45) is 46.4. The van der Waals surface area contributed by atoms with Crippen LogP contribution in [0.25, 0.3) is 0 Å². The van der Waals surface area contributed by atoms with E-state index >= 15 is 0 Å². The number of anilines is 1. The highest BCUT2D eigenvalue weighted by atomic mass is 17.1. The molecule has 0 spiro atoms. The lowest BCUT2D eigenvalue weighted by atomic mass is 10.0. The fourth-order valence-corrected chi connectivity index (χ4v) is 9.88. The maximum absolute atomic E-state index is 12.1. The highest BCUT2D eigenvalue weighted by molar-refractivity contribution is 5.69. The first-order valence-corrected chi connectivity index (χ1v) is 34.8. The SMILES string of the molecule is CCCCCCCCCCCCOCCOCCOCCOCCOC(=O)CCCCCCCCCCOc1ccc(NC)cc1OCCCCCCCCCCC(CCOCCOCCOCCOCCCCCCCCCCCC)OO. The number of ether oxygens (including phenoxy) is 11.